The number of nitriles is 1. The van der Waals surface area contributed by atoms with E-state index in [-0.39, 0.29) is 17.5 Å². The maximum atomic E-state index is 14.6. The Kier molecular flexibility index (Phi) is 4.66. The van der Waals surface area contributed by atoms with Gasteiger partial charge in [-0.25, -0.2) is 4.39 Å². The number of alkyl halides is 1. The first kappa shape index (κ1) is 15.2. The zero-order valence-corrected chi connectivity index (χ0v) is 11.7. The van der Waals surface area contributed by atoms with Gasteiger partial charge in [0.1, 0.15) is 6.07 Å². The van der Waals surface area contributed by atoms with Crippen molar-refractivity contribution in [3.8, 4) is 6.07 Å². The van der Waals surface area contributed by atoms with Gasteiger partial charge in [0.25, 0.3) is 11.6 Å². The highest BCUT2D eigenvalue weighted by Crippen LogP contribution is 2.26. The molecule has 0 heterocycles. The number of carbonyl (C=O) groups excluding carboxylic acids is 1. The monoisotopic (exact) mass is 262 g/mol. The highest BCUT2D eigenvalue weighted by atomic mass is 19.1. The number of nitrogens with one attached hydrogen (secondary N) is 1. The molecule has 0 aliphatic rings. The van der Waals surface area contributed by atoms with Gasteiger partial charge in [-0.1, -0.05) is 43.7 Å². The largest absolute Gasteiger partial charge is 0.349 e. The number of hydrogen-bond acceptors (Lipinski definition) is 2. The van der Waals surface area contributed by atoms with E-state index in [1.807, 2.05) is 20.8 Å². The van der Waals surface area contributed by atoms with Gasteiger partial charge in [0.05, 0.1) is 0 Å². The summed E-state index contributed by atoms with van der Waals surface area (Å²) in [5.41, 5.74) is -1.63. The van der Waals surface area contributed by atoms with Crippen molar-refractivity contribution in [2.24, 2.45) is 5.92 Å². The Balaban J connectivity index is 3.01. The Hall–Kier alpha value is -1.89. The number of rotatable bonds is 4. The lowest BCUT2D eigenvalue weighted by atomic mass is 9.94. The summed E-state index contributed by atoms with van der Waals surface area (Å²) in [5, 5.41) is 11.6. The fraction of sp³-hybridized carbons (Fsp3) is 0.467. The predicted octanol–water partition coefficient (Wildman–Crippen LogP) is 2.84. The van der Waals surface area contributed by atoms with Crippen molar-refractivity contribution < 1.29 is 9.18 Å². The molecule has 2 atom stereocenters. The smallest absolute Gasteiger partial charge is 0.298 e. The lowest BCUT2D eigenvalue weighted by molar-refractivity contribution is -0.131. The minimum Gasteiger partial charge on any atom is -0.349 e. The third-order valence-corrected chi connectivity index (χ3v) is 3.28. The van der Waals surface area contributed by atoms with Crippen LogP contribution in [0.2, 0.25) is 0 Å². The van der Waals surface area contributed by atoms with Gasteiger partial charge < -0.3 is 5.32 Å². The van der Waals surface area contributed by atoms with E-state index in [1.54, 1.807) is 19.1 Å². The molecule has 0 unspecified atom stereocenters. The maximum absolute atomic E-state index is 14.6. The average molecular weight is 262 g/mol. The molecule has 1 aromatic carbocycles. The summed E-state index contributed by atoms with van der Waals surface area (Å²) in [5.74, 6) is -0.732. The van der Waals surface area contributed by atoms with Crippen molar-refractivity contribution in [3.05, 3.63) is 35.4 Å². The molecule has 3 nitrogen and oxygen atoms in total. The second-order valence-electron chi connectivity index (χ2n) is 5.14. The van der Waals surface area contributed by atoms with Gasteiger partial charge in [-0.05, 0) is 19.8 Å². The summed E-state index contributed by atoms with van der Waals surface area (Å²) in [6, 6.07) is 7.59. The summed E-state index contributed by atoms with van der Waals surface area (Å²) in [4.78, 5) is 12.0. The van der Waals surface area contributed by atoms with E-state index in [0.717, 1.165) is 5.56 Å². The standard InChI is InChI=1S/C15H19FN2O/c1-10(2)12(4)18-14(19)15(16,9-17)13-7-5-11(3)6-8-13/h5-8,10,12H,1-4H3,(H,18,19)/t12-,15-/m1/s1. The molecule has 0 bridgehead atoms. The first-order valence-corrected chi connectivity index (χ1v) is 6.29. The molecule has 1 aromatic rings. The zero-order valence-electron chi connectivity index (χ0n) is 11.7. The maximum Gasteiger partial charge on any atom is 0.298 e. The molecule has 0 aliphatic heterocycles. The van der Waals surface area contributed by atoms with Crippen LogP contribution in [0.5, 0.6) is 0 Å². The third-order valence-electron chi connectivity index (χ3n) is 3.28. The fourth-order valence-electron chi connectivity index (χ4n) is 1.50. The molecule has 1 rings (SSSR count). The fourth-order valence-corrected chi connectivity index (χ4v) is 1.50. The van der Waals surface area contributed by atoms with E-state index < -0.39 is 11.6 Å². The third kappa shape index (κ3) is 3.31. The van der Waals surface area contributed by atoms with Crippen molar-refractivity contribution >= 4 is 5.91 Å². The van der Waals surface area contributed by atoms with Gasteiger partial charge in [0.2, 0.25) is 0 Å². The van der Waals surface area contributed by atoms with Crippen molar-refractivity contribution in [2.45, 2.75) is 39.4 Å². The Labute approximate surface area is 113 Å². The molecule has 1 amide bonds. The van der Waals surface area contributed by atoms with Crippen LogP contribution in [0, 0.1) is 24.2 Å². The Bertz CT molecular complexity index is 490. The van der Waals surface area contributed by atoms with Crippen molar-refractivity contribution in [1.29, 1.82) is 5.26 Å². The van der Waals surface area contributed by atoms with Crippen LogP contribution in [0.15, 0.2) is 24.3 Å². The van der Waals surface area contributed by atoms with Gasteiger partial charge in [-0.15, -0.1) is 0 Å². The minimum atomic E-state index is -2.64. The van der Waals surface area contributed by atoms with Gasteiger partial charge >= 0.3 is 0 Å². The SMILES string of the molecule is Cc1ccc([C@](F)(C#N)C(=O)N[C@H](C)C(C)C)cc1. The molecule has 102 valence electrons. The molecule has 19 heavy (non-hydrogen) atoms. The summed E-state index contributed by atoms with van der Waals surface area (Å²) in [6.07, 6.45) is 0. The van der Waals surface area contributed by atoms with Gasteiger partial charge in [-0.2, -0.15) is 5.26 Å². The number of benzene rings is 1. The van der Waals surface area contributed by atoms with E-state index in [0.29, 0.717) is 0 Å². The van der Waals surface area contributed by atoms with Crippen LogP contribution in [-0.4, -0.2) is 11.9 Å². The van der Waals surface area contributed by atoms with Crippen molar-refractivity contribution in [1.82, 2.24) is 5.32 Å². The van der Waals surface area contributed by atoms with E-state index >= 15 is 0 Å². The summed E-state index contributed by atoms with van der Waals surface area (Å²) in [7, 11) is 0. The van der Waals surface area contributed by atoms with Crippen molar-refractivity contribution in [2.75, 3.05) is 0 Å². The first-order chi connectivity index (χ1) is 8.81. The topological polar surface area (TPSA) is 52.9 Å². The number of nitrogens with zero attached hydrogens (tertiary/aromatic N) is 1. The molecule has 0 aromatic heterocycles. The van der Waals surface area contributed by atoms with Gasteiger partial charge in [0.15, 0.2) is 0 Å². The van der Waals surface area contributed by atoms with Crippen LogP contribution in [-0.2, 0) is 10.5 Å². The molecule has 0 radical (unpaired) electrons. The van der Waals surface area contributed by atoms with Crippen molar-refractivity contribution in [3.63, 3.8) is 0 Å². The molecular formula is C15H19FN2O. The molecular weight excluding hydrogens is 243 g/mol. The second-order valence-corrected chi connectivity index (χ2v) is 5.14. The molecule has 0 aliphatic carbocycles. The summed E-state index contributed by atoms with van der Waals surface area (Å²) in [6.45, 7) is 7.48. The highest BCUT2D eigenvalue weighted by molar-refractivity contribution is 5.89. The number of halogens is 1. The number of hydrogen-bond donors (Lipinski definition) is 1. The quantitative estimate of drug-likeness (QED) is 0.907. The molecule has 4 heteroatoms. The Morgan fingerprint density at radius 2 is 1.84 bits per heavy atom. The second kappa shape index (κ2) is 5.83. The number of aryl methyl sites for hydroxylation is 1. The summed E-state index contributed by atoms with van der Waals surface area (Å²) < 4.78 is 14.6. The number of carbonyl (C=O) groups is 1. The van der Waals surface area contributed by atoms with Gasteiger partial charge in [-0.3, -0.25) is 4.79 Å². The van der Waals surface area contributed by atoms with Crippen LogP contribution < -0.4 is 5.32 Å². The van der Waals surface area contributed by atoms with E-state index in [1.165, 1.54) is 18.2 Å². The number of amides is 1. The van der Waals surface area contributed by atoms with E-state index in [9.17, 15) is 9.18 Å². The zero-order chi connectivity index (χ0) is 14.6. The predicted molar refractivity (Wildman–Crippen MR) is 72.0 cm³/mol. The van der Waals surface area contributed by atoms with E-state index in [2.05, 4.69) is 5.32 Å². The molecule has 0 fully saturated rings. The van der Waals surface area contributed by atoms with Crippen LogP contribution in [0.25, 0.3) is 0 Å². The van der Waals surface area contributed by atoms with Crippen LogP contribution in [0.1, 0.15) is 31.9 Å². The lowest BCUT2D eigenvalue weighted by Crippen LogP contribution is -2.46. The first-order valence-electron chi connectivity index (χ1n) is 6.29. The summed E-state index contributed by atoms with van der Waals surface area (Å²) >= 11 is 0. The van der Waals surface area contributed by atoms with E-state index in [4.69, 9.17) is 5.26 Å². The van der Waals surface area contributed by atoms with Crippen LogP contribution in [0.3, 0.4) is 0 Å². The molecule has 0 saturated heterocycles. The van der Waals surface area contributed by atoms with Crippen LogP contribution >= 0.6 is 0 Å². The molecule has 1 N–H and O–H groups in total. The normalized spacial score (nSPS) is 15.4. The average Bonchev–Trinajstić information content (AvgIpc) is 2.38. The lowest BCUT2D eigenvalue weighted by Gasteiger charge is -2.23. The van der Waals surface area contributed by atoms with Gasteiger partial charge in [0, 0.05) is 11.6 Å². The van der Waals surface area contributed by atoms with Crippen LogP contribution in [0.4, 0.5) is 4.39 Å². The highest BCUT2D eigenvalue weighted by Gasteiger charge is 2.41. The minimum absolute atomic E-state index is 0.0639. The molecule has 0 spiro atoms. The Morgan fingerprint density at radius 1 is 1.32 bits per heavy atom. The molecule has 0 saturated carbocycles. The Morgan fingerprint density at radius 3 is 2.26 bits per heavy atom.